The van der Waals surface area contributed by atoms with E-state index in [0.29, 0.717) is 24.7 Å². The van der Waals surface area contributed by atoms with Crippen LogP contribution in [0.3, 0.4) is 0 Å². The van der Waals surface area contributed by atoms with E-state index in [0.717, 1.165) is 38.5 Å². The molecule has 146 valence electrons. The van der Waals surface area contributed by atoms with Crippen LogP contribution in [-0.4, -0.2) is 24.0 Å². The van der Waals surface area contributed by atoms with Gasteiger partial charge in [-0.15, -0.1) is 0 Å². The van der Waals surface area contributed by atoms with Crippen molar-refractivity contribution in [2.75, 3.05) is 6.67 Å². The zero-order chi connectivity index (χ0) is 19.0. The van der Waals surface area contributed by atoms with Gasteiger partial charge < -0.3 is 4.74 Å². The van der Waals surface area contributed by atoms with Crippen LogP contribution < -0.4 is 0 Å². The van der Waals surface area contributed by atoms with Gasteiger partial charge >= 0.3 is 5.97 Å². The second kappa shape index (κ2) is 5.55. The summed E-state index contributed by atoms with van der Waals surface area (Å²) in [5, 5.41) is 0. The molecule has 2 saturated carbocycles. The van der Waals surface area contributed by atoms with Gasteiger partial charge in [0.15, 0.2) is 5.78 Å². The standard InChI is InChI=1S/C23H29FO3/c1-21-8-5-16(25)11-15(21)3-4-17-18(21)6-9-22(2)19(17)7-10-23(22)12-14(13-24)20(26)27-23/h6,11,14,17,19H,3-5,7-10,12-13H2,1-2H3/t14?,17?,19?,21-,22-,23+/m0/s1. The van der Waals surface area contributed by atoms with Gasteiger partial charge in [-0.25, -0.2) is 0 Å². The first kappa shape index (κ1) is 17.6. The molecule has 3 unspecified atom stereocenters. The lowest BCUT2D eigenvalue weighted by molar-refractivity contribution is -0.161. The van der Waals surface area contributed by atoms with Crippen LogP contribution in [0.1, 0.15) is 65.2 Å². The summed E-state index contributed by atoms with van der Waals surface area (Å²) in [5.41, 5.74) is 2.30. The minimum absolute atomic E-state index is 0.0295. The highest BCUT2D eigenvalue weighted by atomic mass is 19.1. The van der Waals surface area contributed by atoms with E-state index >= 15 is 0 Å². The second-order valence-corrected chi connectivity index (χ2v) is 10.0. The van der Waals surface area contributed by atoms with Crippen molar-refractivity contribution in [3.05, 3.63) is 23.3 Å². The predicted molar refractivity (Wildman–Crippen MR) is 99.6 cm³/mol. The van der Waals surface area contributed by atoms with Crippen molar-refractivity contribution in [1.82, 2.24) is 0 Å². The first-order valence-corrected chi connectivity index (χ1v) is 10.6. The summed E-state index contributed by atoms with van der Waals surface area (Å²) >= 11 is 0. The molecule has 0 aromatic carbocycles. The number of carbonyl (C=O) groups excluding carboxylic acids is 2. The van der Waals surface area contributed by atoms with E-state index < -0.39 is 18.2 Å². The molecule has 4 aliphatic carbocycles. The molecule has 3 nitrogen and oxygen atoms in total. The zero-order valence-electron chi connectivity index (χ0n) is 16.4. The van der Waals surface area contributed by atoms with E-state index in [1.165, 1.54) is 11.1 Å². The molecule has 1 saturated heterocycles. The highest BCUT2D eigenvalue weighted by molar-refractivity contribution is 5.92. The number of hydrogen-bond acceptors (Lipinski definition) is 3. The molecule has 1 spiro atoms. The fourth-order valence-corrected chi connectivity index (χ4v) is 7.36. The molecular weight excluding hydrogens is 343 g/mol. The van der Waals surface area contributed by atoms with Gasteiger partial charge in [-0.3, -0.25) is 14.0 Å². The topological polar surface area (TPSA) is 43.4 Å². The Morgan fingerprint density at radius 2 is 2.00 bits per heavy atom. The first-order valence-electron chi connectivity index (χ1n) is 10.6. The van der Waals surface area contributed by atoms with Crippen molar-refractivity contribution in [3.8, 4) is 0 Å². The average Bonchev–Trinajstić information content (AvgIpc) is 3.12. The summed E-state index contributed by atoms with van der Waals surface area (Å²) in [6.07, 6.45) is 11.3. The van der Waals surface area contributed by atoms with Crippen LogP contribution in [0.2, 0.25) is 0 Å². The number of ketones is 1. The number of hydrogen-bond donors (Lipinski definition) is 0. The molecule has 0 bridgehead atoms. The number of ether oxygens (including phenoxy) is 1. The van der Waals surface area contributed by atoms with Gasteiger partial charge in [-0.05, 0) is 56.4 Å². The maximum atomic E-state index is 13.3. The Hall–Kier alpha value is -1.45. The Balaban J connectivity index is 1.53. The maximum Gasteiger partial charge on any atom is 0.312 e. The number of fused-ring (bicyclic) bond motifs is 6. The van der Waals surface area contributed by atoms with Crippen molar-refractivity contribution in [2.45, 2.75) is 70.8 Å². The smallest absolute Gasteiger partial charge is 0.312 e. The molecule has 0 aromatic rings. The van der Waals surface area contributed by atoms with Crippen LogP contribution in [0.25, 0.3) is 0 Å². The SMILES string of the molecule is C[C@]12CCC(=O)C=C1CCC1C2=CC[C@@]2(C)C1CC[C@@]21CC(CF)C(=O)O1. The number of alkyl halides is 1. The fraction of sp³-hybridized carbons (Fsp3) is 0.739. The van der Waals surface area contributed by atoms with Crippen molar-refractivity contribution in [1.29, 1.82) is 0 Å². The first-order chi connectivity index (χ1) is 12.8. The van der Waals surface area contributed by atoms with E-state index in [4.69, 9.17) is 4.74 Å². The molecular formula is C23H29FO3. The molecule has 1 aliphatic heterocycles. The average molecular weight is 372 g/mol. The quantitative estimate of drug-likeness (QED) is 0.494. The van der Waals surface area contributed by atoms with Crippen molar-refractivity contribution >= 4 is 11.8 Å². The third-order valence-corrected chi connectivity index (χ3v) is 9.02. The summed E-state index contributed by atoms with van der Waals surface area (Å²) in [7, 11) is 0. The third kappa shape index (κ3) is 2.13. The Bertz CT molecular complexity index is 782. The van der Waals surface area contributed by atoms with Crippen molar-refractivity contribution in [3.63, 3.8) is 0 Å². The number of esters is 1. The van der Waals surface area contributed by atoms with Crippen LogP contribution >= 0.6 is 0 Å². The summed E-state index contributed by atoms with van der Waals surface area (Å²) in [6, 6.07) is 0. The van der Waals surface area contributed by atoms with Crippen molar-refractivity contribution < 1.29 is 18.7 Å². The summed E-state index contributed by atoms with van der Waals surface area (Å²) < 4.78 is 19.3. The lowest BCUT2D eigenvalue weighted by Crippen LogP contribution is -2.50. The predicted octanol–water partition coefficient (Wildman–Crippen LogP) is 4.71. The minimum Gasteiger partial charge on any atom is -0.458 e. The van der Waals surface area contributed by atoms with Crippen LogP contribution in [0.5, 0.6) is 0 Å². The van der Waals surface area contributed by atoms with Gasteiger partial charge in [0, 0.05) is 23.7 Å². The number of allylic oxidation sites excluding steroid dienone is 4. The van der Waals surface area contributed by atoms with Gasteiger partial charge in [-0.2, -0.15) is 0 Å². The van der Waals surface area contributed by atoms with E-state index in [2.05, 4.69) is 19.9 Å². The van der Waals surface area contributed by atoms with E-state index in [1.54, 1.807) is 0 Å². The normalized spacial score (nSPS) is 48.5. The Kier molecular flexibility index (Phi) is 3.62. The minimum atomic E-state index is -0.605. The van der Waals surface area contributed by atoms with Gasteiger partial charge in [-0.1, -0.05) is 31.1 Å². The van der Waals surface area contributed by atoms with E-state index in [1.807, 2.05) is 6.08 Å². The lowest BCUT2D eigenvalue weighted by atomic mass is 9.50. The summed E-state index contributed by atoms with van der Waals surface area (Å²) in [4.78, 5) is 24.2. The maximum absolute atomic E-state index is 13.3. The molecule has 3 fully saturated rings. The van der Waals surface area contributed by atoms with Crippen LogP contribution in [0.4, 0.5) is 4.39 Å². The molecule has 0 N–H and O–H groups in total. The highest BCUT2D eigenvalue weighted by Gasteiger charge is 2.66. The fourth-order valence-electron chi connectivity index (χ4n) is 7.36. The largest absolute Gasteiger partial charge is 0.458 e. The molecule has 27 heavy (non-hydrogen) atoms. The number of halogens is 1. The number of rotatable bonds is 1. The van der Waals surface area contributed by atoms with Gasteiger partial charge in [0.05, 0.1) is 5.92 Å². The highest BCUT2D eigenvalue weighted by Crippen LogP contribution is 2.68. The monoisotopic (exact) mass is 372 g/mol. The van der Waals surface area contributed by atoms with Crippen LogP contribution in [0.15, 0.2) is 23.3 Å². The Morgan fingerprint density at radius 3 is 2.74 bits per heavy atom. The zero-order valence-corrected chi connectivity index (χ0v) is 16.4. The van der Waals surface area contributed by atoms with E-state index in [-0.39, 0.29) is 22.6 Å². The number of carbonyl (C=O) groups is 2. The molecule has 5 aliphatic rings. The molecule has 0 aromatic heterocycles. The Morgan fingerprint density at radius 1 is 1.19 bits per heavy atom. The summed E-state index contributed by atoms with van der Waals surface area (Å²) in [5.74, 6) is 0.355. The molecule has 6 atom stereocenters. The second-order valence-electron chi connectivity index (χ2n) is 10.0. The molecule has 0 amide bonds. The van der Waals surface area contributed by atoms with Crippen LogP contribution in [0, 0.1) is 28.6 Å². The molecule has 5 rings (SSSR count). The lowest BCUT2D eigenvalue weighted by Gasteiger charge is -2.54. The molecule has 4 heteroatoms. The van der Waals surface area contributed by atoms with Gasteiger partial charge in [0.25, 0.3) is 0 Å². The van der Waals surface area contributed by atoms with Crippen molar-refractivity contribution in [2.24, 2.45) is 28.6 Å². The van der Waals surface area contributed by atoms with Crippen LogP contribution in [-0.2, 0) is 14.3 Å². The third-order valence-electron chi connectivity index (χ3n) is 9.02. The Labute approximate surface area is 160 Å². The summed E-state index contributed by atoms with van der Waals surface area (Å²) in [6.45, 7) is 4.00. The van der Waals surface area contributed by atoms with E-state index in [9.17, 15) is 14.0 Å². The van der Waals surface area contributed by atoms with Gasteiger partial charge in [0.1, 0.15) is 12.3 Å². The van der Waals surface area contributed by atoms with Gasteiger partial charge in [0.2, 0.25) is 0 Å². The molecule has 1 heterocycles. The molecule has 0 radical (unpaired) electrons.